The Labute approximate surface area is 190 Å². The second-order valence-electron chi connectivity index (χ2n) is 6.50. The molecule has 0 aliphatic rings. The third-order valence-corrected chi connectivity index (χ3v) is 6.47. The number of hydrogen-bond donors (Lipinski definition) is 1. The number of nitrogens with one attached hydrogen (secondary N) is 1. The number of carbonyl (C=O) groups excluding carboxylic acids is 1. The monoisotopic (exact) mass is 482 g/mol. The van der Waals surface area contributed by atoms with Gasteiger partial charge in [0.15, 0.2) is 0 Å². The number of amides is 1. The molecule has 5 nitrogen and oxygen atoms in total. The molecule has 1 amide bonds. The molecule has 0 saturated heterocycles. The summed E-state index contributed by atoms with van der Waals surface area (Å²) in [5, 5.41) is 3.84. The maximum Gasteiger partial charge on any atom is 0.255 e. The lowest BCUT2D eigenvalue weighted by Crippen LogP contribution is -2.29. The minimum atomic E-state index is -3.55. The second kappa shape index (κ2) is 9.27. The average molecular weight is 484 g/mol. The standard InChI is InChI=1S/C21H17Cl3N2O3S/c1-30(28,29)26(13-14-5-9-16(22)10-6-14)17-11-7-15(8-12-17)21(27)25-19-4-2-3-18(23)20(19)24/h2-12H,13H2,1H3,(H,25,27). The highest BCUT2D eigenvalue weighted by Crippen LogP contribution is 2.30. The van der Waals surface area contributed by atoms with Crippen LogP contribution in [0.5, 0.6) is 0 Å². The molecule has 0 bridgehead atoms. The van der Waals surface area contributed by atoms with E-state index < -0.39 is 15.9 Å². The van der Waals surface area contributed by atoms with E-state index in [2.05, 4.69) is 5.32 Å². The van der Waals surface area contributed by atoms with Crippen molar-refractivity contribution in [2.24, 2.45) is 0 Å². The van der Waals surface area contributed by atoms with Crippen molar-refractivity contribution in [2.75, 3.05) is 15.9 Å². The molecule has 0 radical (unpaired) electrons. The lowest BCUT2D eigenvalue weighted by molar-refractivity contribution is 0.102. The molecule has 9 heteroatoms. The van der Waals surface area contributed by atoms with E-state index >= 15 is 0 Å². The molecule has 0 aliphatic heterocycles. The molecule has 3 aromatic rings. The zero-order valence-electron chi connectivity index (χ0n) is 15.8. The van der Waals surface area contributed by atoms with Crippen molar-refractivity contribution in [3.8, 4) is 0 Å². The Morgan fingerprint density at radius 1 is 0.933 bits per heavy atom. The minimum Gasteiger partial charge on any atom is -0.321 e. The quantitative estimate of drug-likeness (QED) is 0.477. The van der Waals surface area contributed by atoms with Crippen molar-refractivity contribution in [3.63, 3.8) is 0 Å². The summed E-state index contributed by atoms with van der Waals surface area (Å²) in [6, 6.07) is 18.1. The summed E-state index contributed by atoms with van der Waals surface area (Å²) in [6.07, 6.45) is 1.13. The molecule has 0 spiro atoms. The third-order valence-electron chi connectivity index (χ3n) is 4.26. The Balaban J connectivity index is 1.81. The van der Waals surface area contributed by atoms with Crippen molar-refractivity contribution in [1.82, 2.24) is 0 Å². The van der Waals surface area contributed by atoms with Crippen LogP contribution in [0, 0.1) is 0 Å². The summed E-state index contributed by atoms with van der Waals surface area (Å²) >= 11 is 18.0. The Kier molecular flexibility index (Phi) is 6.93. The first-order valence-corrected chi connectivity index (χ1v) is 11.7. The van der Waals surface area contributed by atoms with Crippen LogP contribution in [0.4, 0.5) is 11.4 Å². The van der Waals surface area contributed by atoms with Gasteiger partial charge in [-0.25, -0.2) is 8.42 Å². The van der Waals surface area contributed by atoms with Crippen LogP contribution in [0.15, 0.2) is 66.7 Å². The van der Waals surface area contributed by atoms with E-state index in [1.165, 1.54) is 4.31 Å². The maximum atomic E-state index is 12.5. The highest BCUT2D eigenvalue weighted by atomic mass is 35.5. The molecule has 0 atom stereocenters. The number of rotatable bonds is 6. The van der Waals surface area contributed by atoms with E-state index in [4.69, 9.17) is 34.8 Å². The minimum absolute atomic E-state index is 0.139. The van der Waals surface area contributed by atoms with Crippen molar-refractivity contribution in [3.05, 3.63) is 92.9 Å². The van der Waals surface area contributed by atoms with Crippen LogP contribution in [-0.2, 0) is 16.6 Å². The zero-order chi connectivity index (χ0) is 21.9. The van der Waals surface area contributed by atoms with Crippen molar-refractivity contribution < 1.29 is 13.2 Å². The van der Waals surface area contributed by atoms with Gasteiger partial charge in [0.1, 0.15) is 0 Å². The van der Waals surface area contributed by atoms with Crippen LogP contribution in [0.1, 0.15) is 15.9 Å². The molecule has 156 valence electrons. The number of hydrogen-bond acceptors (Lipinski definition) is 3. The predicted molar refractivity (Wildman–Crippen MR) is 123 cm³/mol. The number of nitrogens with zero attached hydrogens (tertiary/aromatic N) is 1. The predicted octanol–water partition coefficient (Wildman–Crippen LogP) is 5.87. The van der Waals surface area contributed by atoms with E-state index in [0.717, 1.165) is 11.8 Å². The molecule has 1 N–H and O–H groups in total. The highest BCUT2D eigenvalue weighted by Gasteiger charge is 2.19. The van der Waals surface area contributed by atoms with Gasteiger partial charge in [-0.05, 0) is 54.1 Å². The summed E-state index contributed by atoms with van der Waals surface area (Å²) in [5.41, 5.74) is 1.94. The zero-order valence-corrected chi connectivity index (χ0v) is 18.9. The molecule has 0 unspecified atom stereocenters. The smallest absolute Gasteiger partial charge is 0.255 e. The highest BCUT2D eigenvalue weighted by molar-refractivity contribution is 7.92. The molecule has 0 aliphatic carbocycles. The van der Waals surface area contributed by atoms with Crippen LogP contribution in [0.3, 0.4) is 0 Å². The Hall–Kier alpha value is -2.25. The molecular weight excluding hydrogens is 467 g/mol. The maximum absolute atomic E-state index is 12.5. The van der Waals surface area contributed by atoms with Crippen LogP contribution < -0.4 is 9.62 Å². The van der Waals surface area contributed by atoms with Gasteiger partial charge in [0.25, 0.3) is 5.91 Å². The Morgan fingerprint density at radius 3 is 2.17 bits per heavy atom. The summed E-state index contributed by atoms with van der Waals surface area (Å²) < 4.78 is 25.9. The molecular formula is C21H17Cl3N2O3S. The van der Waals surface area contributed by atoms with E-state index in [1.807, 2.05) is 0 Å². The van der Waals surface area contributed by atoms with E-state index in [0.29, 0.717) is 27.0 Å². The second-order valence-corrected chi connectivity index (χ2v) is 9.63. The Morgan fingerprint density at radius 2 is 1.57 bits per heavy atom. The third kappa shape index (κ3) is 5.46. The van der Waals surface area contributed by atoms with Crippen molar-refractivity contribution >= 4 is 62.1 Å². The van der Waals surface area contributed by atoms with Gasteiger partial charge in [0.2, 0.25) is 10.0 Å². The number of benzene rings is 3. The lowest BCUT2D eigenvalue weighted by atomic mass is 10.1. The van der Waals surface area contributed by atoms with Crippen LogP contribution >= 0.6 is 34.8 Å². The van der Waals surface area contributed by atoms with Gasteiger partial charge < -0.3 is 5.32 Å². The van der Waals surface area contributed by atoms with E-state index in [9.17, 15) is 13.2 Å². The molecule has 3 aromatic carbocycles. The molecule has 0 aromatic heterocycles. The first-order valence-electron chi connectivity index (χ1n) is 8.73. The topological polar surface area (TPSA) is 66.5 Å². The van der Waals surface area contributed by atoms with Gasteiger partial charge >= 0.3 is 0 Å². The average Bonchev–Trinajstić information content (AvgIpc) is 2.70. The fourth-order valence-electron chi connectivity index (χ4n) is 2.73. The van der Waals surface area contributed by atoms with Crippen molar-refractivity contribution in [1.29, 1.82) is 0 Å². The van der Waals surface area contributed by atoms with Gasteiger partial charge in [-0.2, -0.15) is 0 Å². The normalized spacial score (nSPS) is 11.2. The molecule has 0 fully saturated rings. The first-order chi connectivity index (χ1) is 14.1. The van der Waals surface area contributed by atoms with E-state index in [-0.39, 0.29) is 11.6 Å². The summed E-state index contributed by atoms with van der Waals surface area (Å²) in [5.74, 6) is -0.394. The summed E-state index contributed by atoms with van der Waals surface area (Å²) in [4.78, 5) is 12.5. The van der Waals surface area contributed by atoms with Gasteiger partial charge in [0, 0.05) is 10.6 Å². The number of carbonyl (C=O) groups is 1. The number of halogens is 3. The Bertz CT molecular complexity index is 1170. The summed E-state index contributed by atoms with van der Waals surface area (Å²) in [7, 11) is -3.55. The summed E-state index contributed by atoms with van der Waals surface area (Å²) in [6.45, 7) is 0.139. The van der Waals surface area contributed by atoms with Gasteiger partial charge in [0.05, 0.1) is 34.2 Å². The molecule has 0 saturated carbocycles. The van der Waals surface area contributed by atoms with E-state index in [1.54, 1.807) is 66.7 Å². The lowest BCUT2D eigenvalue weighted by Gasteiger charge is -2.23. The molecule has 0 heterocycles. The number of anilines is 2. The van der Waals surface area contributed by atoms with Gasteiger partial charge in [-0.3, -0.25) is 9.10 Å². The fraction of sp³-hybridized carbons (Fsp3) is 0.0952. The molecule has 30 heavy (non-hydrogen) atoms. The largest absolute Gasteiger partial charge is 0.321 e. The number of sulfonamides is 1. The SMILES string of the molecule is CS(=O)(=O)N(Cc1ccc(Cl)cc1)c1ccc(C(=O)Nc2cccc(Cl)c2Cl)cc1. The fourth-order valence-corrected chi connectivity index (χ4v) is 4.09. The van der Waals surface area contributed by atoms with Crippen LogP contribution in [0.2, 0.25) is 15.1 Å². The van der Waals surface area contributed by atoms with Gasteiger partial charge in [-0.1, -0.05) is 53.0 Å². The first kappa shape index (κ1) is 22.4. The molecule has 3 rings (SSSR count). The van der Waals surface area contributed by atoms with Crippen molar-refractivity contribution in [2.45, 2.75) is 6.54 Å². The van der Waals surface area contributed by atoms with Crippen LogP contribution in [-0.4, -0.2) is 20.6 Å². The van der Waals surface area contributed by atoms with Crippen LogP contribution in [0.25, 0.3) is 0 Å². The van der Waals surface area contributed by atoms with Gasteiger partial charge in [-0.15, -0.1) is 0 Å².